The van der Waals surface area contributed by atoms with Crippen LogP contribution in [0.15, 0.2) is 12.4 Å². The van der Waals surface area contributed by atoms with Gasteiger partial charge in [-0.2, -0.15) is 0 Å². The Morgan fingerprint density at radius 2 is 2.04 bits per heavy atom. The van der Waals surface area contributed by atoms with E-state index in [0.717, 1.165) is 39.0 Å². The third-order valence-electron chi connectivity index (χ3n) is 5.82. The summed E-state index contributed by atoms with van der Waals surface area (Å²) in [5, 5.41) is 0. The molecular weight excluding hydrogens is 340 g/mol. The van der Waals surface area contributed by atoms with Crippen LogP contribution < -0.4 is 0 Å². The molecule has 0 aliphatic carbocycles. The summed E-state index contributed by atoms with van der Waals surface area (Å²) < 4.78 is 2.28. The topological polar surface area (TPSA) is 58.4 Å². The Morgan fingerprint density at radius 1 is 1.30 bits per heavy atom. The molecule has 2 aliphatic heterocycles. The van der Waals surface area contributed by atoms with E-state index < -0.39 is 0 Å². The molecule has 1 atom stereocenters. The van der Waals surface area contributed by atoms with Crippen molar-refractivity contribution in [2.75, 3.05) is 26.2 Å². The number of unbranched alkanes of at least 4 members (excludes halogenated alkanes) is 1. The summed E-state index contributed by atoms with van der Waals surface area (Å²) in [5.74, 6) is 2.20. The number of carbonyl (C=O) groups excluding carboxylic acids is 2. The third kappa shape index (κ3) is 4.71. The van der Waals surface area contributed by atoms with Gasteiger partial charge in [0.25, 0.3) is 0 Å². The molecule has 150 valence electrons. The van der Waals surface area contributed by atoms with Crippen LogP contribution in [0, 0.1) is 11.8 Å². The Bertz CT molecular complexity index is 646. The monoisotopic (exact) mass is 374 g/mol. The van der Waals surface area contributed by atoms with Crippen LogP contribution in [0.4, 0.5) is 0 Å². The molecule has 3 heterocycles. The van der Waals surface area contributed by atoms with E-state index in [1.54, 1.807) is 0 Å². The van der Waals surface area contributed by atoms with Gasteiger partial charge in [0.1, 0.15) is 5.82 Å². The van der Waals surface area contributed by atoms with Crippen molar-refractivity contribution in [3.05, 3.63) is 18.2 Å². The first-order valence-corrected chi connectivity index (χ1v) is 10.6. The first kappa shape index (κ1) is 19.9. The van der Waals surface area contributed by atoms with Gasteiger partial charge in [0.05, 0.1) is 5.92 Å². The molecule has 2 amide bonds. The lowest BCUT2D eigenvalue weighted by Crippen LogP contribution is -2.42. The van der Waals surface area contributed by atoms with Gasteiger partial charge in [-0.25, -0.2) is 4.98 Å². The fourth-order valence-corrected chi connectivity index (χ4v) is 4.37. The highest BCUT2D eigenvalue weighted by molar-refractivity contribution is 5.89. The molecule has 27 heavy (non-hydrogen) atoms. The first-order valence-electron chi connectivity index (χ1n) is 10.6. The van der Waals surface area contributed by atoms with Crippen LogP contribution in [-0.2, 0) is 16.1 Å². The molecule has 6 heteroatoms. The van der Waals surface area contributed by atoms with E-state index in [1.807, 2.05) is 16.0 Å². The van der Waals surface area contributed by atoms with Gasteiger partial charge in [0, 0.05) is 57.5 Å². The molecule has 1 unspecified atom stereocenters. The highest BCUT2D eigenvalue weighted by Crippen LogP contribution is 2.29. The summed E-state index contributed by atoms with van der Waals surface area (Å²) in [5.41, 5.74) is 0. The number of rotatable bonds is 7. The molecule has 1 aromatic rings. The lowest BCUT2D eigenvalue weighted by atomic mass is 9.94. The van der Waals surface area contributed by atoms with Crippen LogP contribution in [0.1, 0.15) is 64.6 Å². The summed E-state index contributed by atoms with van der Waals surface area (Å²) in [6.45, 7) is 10.4. The van der Waals surface area contributed by atoms with Gasteiger partial charge >= 0.3 is 0 Å². The van der Waals surface area contributed by atoms with E-state index in [9.17, 15) is 9.59 Å². The second kappa shape index (κ2) is 8.89. The van der Waals surface area contributed by atoms with Crippen LogP contribution >= 0.6 is 0 Å². The van der Waals surface area contributed by atoms with Crippen molar-refractivity contribution < 1.29 is 9.59 Å². The van der Waals surface area contributed by atoms with Gasteiger partial charge in [-0.15, -0.1) is 0 Å². The molecule has 2 aliphatic rings. The van der Waals surface area contributed by atoms with E-state index in [1.165, 1.54) is 18.7 Å². The van der Waals surface area contributed by atoms with E-state index in [0.29, 0.717) is 24.8 Å². The average Bonchev–Trinajstić information content (AvgIpc) is 3.26. The van der Waals surface area contributed by atoms with Gasteiger partial charge in [0.2, 0.25) is 11.8 Å². The molecule has 1 aromatic heterocycles. The zero-order chi connectivity index (χ0) is 19.4. The normalized spacial score (nSPS) is 21.5. The smallest absolute Gasteiger partial charge is 0.227 e. The van der Waals surface area contributed by atoms with E-state index in [-0.39, 0.29) is 17.7 Å². The largest absolute Gasteiger partial charge is 0.342 e. The fourth-order valence-electron chi connectivity index (χ4n) is 4.37. The highest BCUT2D eigenvalue weighted by atomic mass is 16.2. The molecule has 0 radical (unpaired) electrons. The van der Waals surface area contributed by atoms with E-state index >= 15 is 0 Å². The lowest BCUT2D eigenvalue weighted by Gasteiger charge is -2.33. The average molecular weight is 375 g/mol. The highest BCUT2D eigenvalue weighted by Gasteiger charge is 2.37. The molecule has 3 rings (SSSR count). The van der Waals surface area contributed by atoms with Gasteiger partial charge in [-0.1, -0.05) is 27.2 Å². The summed E-state index contributed by atoms with van der Waals surface area (Å²) >= 11 is 0. The van der Waals surface area contributed by atoms with Crippen LogP contribution in [0.2, 0.25) is 0 Å². The molecule has 0 bridgehead atoms. The maximum absolute atomic E-state index is 12.9. The SMILES string of the molecule is CCCCn1ccnc1C1CCN(C(=O)C2CC(=O)N(CC(C)C)C2)CC1. The molecule has 6 nitrogen and oxygen atoms in total. The number of likely N-dealkylation sites (tertiary alicyclic amines) is 2. The molecule has 2 fully saturated rings. The number of carbonyl (C=O) groups is 2. The van der Waals surface area contributed by atoms with Crippen molar-refractivity contribution in [1.82, 2.24) is 19.4 Å². The van der Waals surface area contributed by atoms with Crippen molar-refractivity contribution >= 4 is 11.8 Å². The summed E-state index contributed by atoms with van der Waals surface area (Å²) in [6.07, 6.45) is 8.64. The van der Waals surface area contributed by atoms with Crippen LogP contribution in [0.25, 0.3) is 0 Å². The minimum Gasteiger partial charge on any atom is -0.342 e. The van der Waals surface area contributed by atoms with E-state index in [4.69, 9.17) is 0 Å². The number of amides is 2. The van der Waals surface area contributed by atoms with Crippen molar-refractivity contribution in [3.8, 4) is 0 Å². The number of aryl methyl sites for hydroxylation is 1. The number of hydrogen-bond donors (Lipinski definition) is 0. The Morgan fingerprint density at radius 3 is 2.70 bits per heavy atom. The zero-order valence-electron chi connectivity index (χ0n) is 17.1. The van der Waals surface area contributed by atoms with Crippen LogP contribution in [-0.4, -0.2) is 57.3 Å². The number of nitrogens with zero attached hydrogens (tertiary/aromatic N) is 4. The predicted octanol–water partition coefficient (Wildman–Crippen LogP) is 2.89. The van der Waals surface area contributed by atoms with Gasteiger partial charge in [-0.05, 0) is 25.2 Å². The Labute approximate surface area is 162 Å². The molecule has 2 saturated heterocycles. The van der Waals surface area contributed by atoms with Gasteiger partial charge < -0.3 is 14.4 Å². The third-order valence-corrected chi connectivity index (χ3v) is 5.82. The zero-order valence-corrected chi connectivity index (χ0v) is 17.1. The van der Waals surface area contributed by atoms with Crippen molar-refractivity contribution in [2.24, 2.45) is 11.8 Å². The van der Waals surface area contributed by atoms with Crippen molar-refractivity contribution in [2.45, 2.75) is 65.3 Å². The summed E-state index contributed by atoms with van der Waals surface area (Å²) in [6, 6.07) is 0. The lowest BCUT2D eigenvalue weighted by molar-refractivity contribution is -0.136. The number of piperidine rings is 1. The Kier molecular flexibility index (Phi) is 6.55. The second-order valence-electron chi connectivity index (χ2n) is 8.53. The molecule has 0 spiro atoms. The quantitative estimate of drug-likeness (QED) is 0.737. The molecule has 0 aromatic carbocycles. The minimum atomic E-state index is -0.153. The van der Waals surface area contributed by atoms with Crippen LogP contribution in [0.3, 0.4) is 0 Å². The second-order valence-corrected chi connectivity index (χ2v) is 8.53. The maximum atomic E-state index is 12.9. The molecule has 0 saturated carbocycles. The number of aromatic nitrogens is 2. The summed E-state index contributed by atoms with van der Waals surface area (Å²) in [4.78, 5) is 33.5. The van der Waals surface area contributed by atoms with Crippen molar-refractivity contribution in [1.29, 1.82) is 0 Å². The maximum Gasteiger partial charge on any atom is 0.227 e. The minimum absolute atomic E-state index is 0.134. The number of hydrogen-bond acceptors (Lipinski definition) is 3. The van der Waals surface area contributed by atoms with Crippen LogP contribution in [0.5, 0.6) is 0 Å². The fraction of sp³-hybridized carbons (Fsp3) is 0.762. The Balaban J connectivity index is 1.53. The number of imidazole rings is 1. The first-order chi connectivity index (χ1) is 13.0. The molecule has 0 N–H and O–H groups in total. The predicted molar refractivity (Wildman–Crippen MR) is 105 cm³/mol. The van der Waals surface area contributed by atoms with Crippen molar-refractivity contribution in [3.63, 3.8) is 0 Å². The molecular formula is C21H34N4O2. The summed E-state index contributed by atoms with van der Waals surface area (Å²) in [7, 11) is 0. The standard InChI is InChI=1S/C21H34N4O2/c1-4-5-9-23-12-8-22-20(23)17-6-10-24(11-7-17)21(27)18-13-19(26)25(15-18)14-16(2)3/h8,12,16-18H,4-7,9-11,13-15H2,1-3H3. The van der Waals surface area contributed by atoms with Gasteiger partial charge in [-0.3, -0.25) is 9.59 Å². The van der Waals surface area contributed by atoms with Gasteiger partial charge in [0.15, 0.2) is 0 Å². The Hall–Kier alpha value is -1.85. The van der Waals surface area contributed by atoms with E-state index in [2.05, 4.69) is 36.5 Å².